The molecule has 1 aliphatic carbocycles. The third-order valence-corrected chi connectivity index (χ3v) is 6.47. The van der Waals surface area contributed by atoms with Crippen molar-refractivity contribution in [3.8, 4) is 0 Å². The number of Topliss-reactive ketones (excluding diaryl/α,β-unsaturated/α-hetero) is 1. The van der Waals surface area contributed by atoms with Gasteiger partial charge in [-0.05, 0) is 50.6 Å². The first-order valence-corrected chi connectivity index (χ1v) is 11.3. The number of hydrogen-bond donors (Lipinski definition) is 1. The Labute approximate surface area is 182 Å². The molecule has 4 rings (SSSR count). The van der Waals surface area contributed by atoms with E-state index < -0.39 is 10.0 Å². The molecule has 0 amide bonds. The average molecular weight is 431 g/mol. The molecule has 0 radical (unpaired) electrons. The van der Waals surface area contributed by atoms with E-state index in [4.69, 9.17) is 0 Å². The van der Waals surface area contributed by atoms with E-state index in [1.165, 1.54) is 18.2 Å². The summed E-state index contributed by atoms with van der Waals surface area (Å²) >= 11 is 0. The van der Waals surface area contributed by atoms with E-state index in [-0.39, 0.29) is 22.1 Å². The molecule has 0 bridgehead atoms. The zero-order valence-electron chi connectivity index (χ0n) is 17.5. The molecule has 1 N–H and O–H groups in total. The summed E-state index contributed by atoms with van der Waals surface area (Å²) in [7, 11) is -3.94. The summed E-state index contributed by atoms with van der Waals surface area (Å²) in [6.07, 6.45) is 1.51. The lowest BCUT2D eigenvalue weighted by molar-refractivity contribution is 0.103. The number of aryl methyl sites for hydroxylation is 3. The minimum absolute atomic E-state index is 0.109. The van der Waals surface area contributed by atoms with Crippen molar-refractivity contribution in [3.63, 3.8) is 0 Å². The standard InChI is InChI=1S/C25H22N2O3S/c1-16-8-11-19(12-9-16)31(29,30)27-23-15-24(25(28)21-7-5-4-6-20(21)23)26-22-13-10-17(2)14-18(22)3/h4-15,26H,1-3H3. The summed E-state index contributed by atoms with van der Waals surface area (Å²) in [6, 6.07) is 19.3. The second kappa shape index (κ2) is 7.96. The molecule has 6 heteroatoms. The summed E-state index contributed by atoms with van der Waals surface area (Å²) in [4.78, 5) is 13.2. The number of allylic oxidation sites excluding steroid dienone is 2. The van der Waals surface area contributed by atoms with Crippen LogP contribution in [0.25, 0.3) is 0 Å². The van der Waals surface area contributed by atoms with Crippen LogP contribution < -0.4 is 5.32 Å². The predicted octanol–water partition coefficient (Wildman–Crippen LogP) is 4.98. The van der Waals surface area contributed by atoms with Gasteiger partial charge in [0.25, 0.3) is 10.0 Å². The lowest BCUT2D eigenvalue weighted by Gasteiger charge is -2.19. The van der Waals surface area contributed by atoms with Gasteiger partial charge >= 0.3 is 0 Å². The summed E-state index contributed by atoms with van der Waals surface area (Å²) in [5.41, 5.74) is 5.25. The maximum atomic E-state index is 13.1. The number of carbonyl (C=O) groups is 1. The Bertz CT molecular complexity index is 1350. The van der Waals surface area contributed by atoms with Crippen LogP contribution in [0.2, 0.25) is 0 Å². The topological polar surface area (TPSA) is 75.6 Å². The van der Waals surface area contributed by atoms with Crippen LogP contribution in [-0.4, -0.2) is 19.9 Å². The second-order valence-electron chi connectivity index (χ2n) is 7.64. The number of ketones is 1. The predicted molar refractivity (Wildman–Crippen MR) is 123 cm³/mol. The van der Waals surface area contributed by atoms with Gasteiger partial charge in [0.05, 0.1) is 16.3 Å². The van der Waals surface area contributed by atoms with Gasteiger partial charge in [0, 0.05) is 16.8 Å². The molecule has 0 fully saturated rings. The summed E-state index contributed by atoms with van der Waals surface area (Å²) in [6.45, 7) is 5.84. The normalized spacial score (nSPS) is 14.9. The first kappa shape index (κ1) is 20.8. The molecule has 0 aliphatic heterocycles. The largest absolute Gasteiger partial charge is 0.352 e. The Morgan fingerprint density at radius 1 is 0.806 bits per heavy atom. The molecule has 3 aromatic carbocycles. The van der Waals surface area contributed by atoms with Gasteiger partial charge in [0.15, 0.2) is 0 Å². The van der Waals surface area contributed by atoms with Crippen molar-refractivity contribution in [3.05, 3.63) is 106 Å². The van der Waals surface area contributed by atoms with Gasteiger partial charge in [-0.1, -0.05) is 59.7 Å². The highest BCUT2D eigenvalue weighted by Gasteiger charge is 2.26. The van der Waals surface area contributed by atoms with Crippen molar-refractivity contribution < 1.29 is 13.2 Å². The van der Waals surface area contributed by atoms with Crippen LogP contribution in [0, 0.1) is 20.8 Å². The van der Waals surface area contributed by atoms with Gasteiger partial charge in [0.1, 0.15) is 0 Å². The maximum Gasteiger partial charge on any atom is 0.282 e. The Morgan fingerprint density at radius 2 is 1.45 bits per heavy atom. The summed E-state index contributed by atoms with van der Waals surface area (Å²) in [5, 5.41) is 3.17. The number of hydrogen-bond acceptors (Lipinski definition) is 4. The highest BCUT2D eigenvalue weighted by molar-refractivity contribution is 7.90. The number of benzene rings is 3. The van der Waals surface area contributed by atoms with Gasteiger partial charge < -0.3 is 5.32 Å². The minimum atomic E-state index is -3.94. The fraction of sp³-hybridized carbons (Fsp3) is 0.120. The van der Waals surface area contributed by atoms with E-state index in [0.717, 1.165) is 22.4 Å². The zero-order chi connectivity index (χ0) is 22.2. The number of carbonyl (C=O) groups excluding carboxylic acids is 1. The first-order chi connectivity index (χ1) is 14.7. The van der Waals surface area contributed by atoms with Crippen LogP contribution in [0.1, 0.15) is 32.6 Å². The molecule has 0 unspecified atom stereocenters. The smallest absolute Gasteiger partial charge is 0.282 e. The molecular formula is C25H22N2O3S. The van der Waals surface area contributed by atoms with Crippen molar-refractivity contribution in [1.82, 2.24) is 0 Å². The van der Waals surface area contributed by atoms with Crippen LogP contribution in [0.3, 0.4) is 0 Å². The molecular weight excluding hydrogens is 408 g/mol. The van der Waals surface area contributed by atoms with Crippen molar-refractivity contribution in [2.45, 2.75) is 25.7 Å². The number of nitrogens with zero attached hydrogens (tertiary/aromatic N) is 1. The molecule has 0 heterocycles. The SMILES string of the molecule is Cc1ccc(S(=O)(=O)N=C2C=C(Nc3ccc(C)cc3C)C(=O)c3ccccc32)cc1. The lowest BCUT2D eigenvalue weighted by atomic mass is 9.92. The van der Waals surface area contributed by atoms with Gasteiger partial charge in [-0.25, -0.2) is 0 Å². The van der Waals surface area contributed by atoms with E-state index in [2.05, 4.69) is 9.71 Å². The summed E-state index contributed by atoms with van der Waals surface area (Å²) in [5.74, 6) is -0.206. The molecule has 1 aliphatic rings. The molecule has 0 aromatic heterocycles. The molecule has 0 saturated carbocycles. The molecule has 5 nitrogen and oxygen atoms in total. The van der Waals surface area contributed by atoms with Crippen LogP contribution in [0.4, 0.5) is 5.69 Å². The maximum absolute atomic E-state index is 13.1. The van der Waals surface area contributed by atoms with E-state index in [1.807, 2.05) is 39.0 Å². The van der Waals surface area contributed by atoms with Gasteiger partial charge in [-0.3, -0.25) is 4.79 Å². The third kappa shape index (κ3) is 4.20. The Hall–Kier alpha value is -3.51. The van der Waals surface area contributed by atoms with Gasteiger partial charge in [-0.2, -0.15) is 12.8 Å². The van der Waals surface area contributed by atoms with Crippen molar-refractivity contribution in [2.24, 2.45) is 4.40 Å². The van der Waals surface area contributed by atoms with Crippen molar-refractivity contribution in [2.75, 3.05) is 5.32 Å². The number of nitrogens with one attached hydrogen (secondary N) is 1. The van der Waals surface area contributed by atoms with E-state index in [1.54, 1.807) is 36.4 Å². The number of sulfonamides is 1. The molecule has 156 valence electrons. The van der Waals surface area contributed by atoms with E-state index in [0.29, 0.717) is 11.1 Å². The summed E-state index contributed by atoms with van der Waals surface area (Å²) < 4.78 is 30.0. The van der Waals surface area contributed by atoms with Crippen molar-refractivity contribution in [1.29, 1.82) is 0 Å². The van der Waals surface area contributed by atoms with Crippen LogP contribution in [-0.2, 0) is 10.0 Å². The molecule has 0 saturated heterocycles. The Balaban J connectivity index is 1.82. The van der Waals surface area contributed by atoms with E-state index in [9.17, 15) is 13.2 Å². The number of rotatable bonds is 4. The van der Waals surface area contributed by atoms with E-state index >= 15 is 0 Å². The first-order valence-electron chi connectivity index (χ1n) is 9.86. The molecule has 0 atom stereocenters. The fourth-order valence-corrected chi connectivity index (χ4v) is 4.48. The zero-order valence-corrected chi connectivity index (χ0v) is 18.3. The fourth-order valence-electron chi connectivity index (χ4n) is 3.49. The molecule has 31 heavy (non-hydrogen) atoms. The highest BCUT2D eigenvalue weighted by Crippen LogP contribution is 2.26. The Kier molecular flexibility index (Phi) is 5.33. The Morgan fingerprint density at radius 3 is 2.13 bits per heavy atom. The quantitative estimate of drug-likeness (QED) is 0.633. The molecule has 3 aromatic rings. The highest BCUT2D eigenvalue weighted by atomic mass is 32.2. The monoisotopic (exact) mass is 430 g/mol. The van der Waals surface area contributed by atoms with Crippen LogP contribution in [0.15, 0.2) is 87.8 Å². The number of anilines is 1. The minimum Gasteiger partial charge on any atom is -0.352 e. The third-order valence-electron chi connectivity index (χ3n) is 5.16. The van der Waals surface area contributed by atoms with Crippen LogP contribution >= 0.6 is 0 Å². The second-order valence-corrected chi connectivity index (χ2v) is 9.24. The number of fused-ring (bicyclic) bond motifs is 1. The van der Waals surface area contributed by atoms with Gasteiger partial charge in [-0.15, -0.1) is 0 Å². The lowest BCUT2D eigenvalue weighted by Crippen LogP contribution is -2.23. The van der Waals surface area contributed by atoms with Crippen LogP contribution in [0.5, 0.6) is 0 Å². The molecule has 0 spiro atoms. The van der Waals surface area contributed by atoms with Gasteiger partial charge in [0.2, 0.25) is 5.78 Å². The van der Waals surface area contributed by atoms with Crippen molar-refractivity contribution >= 4 is 27.2 Å². The average Bonchev–Trinajstić information content (AvgIpc) is 2.73.